The molecule has 0 radical (unpaired) electrons. The maximum Gasteiger partial charge on any atom is 0.264 e. The minimum Gasteiger partial charge on any atom is -0.335 e. The van der Waals surface area contributed by atoms with Crippen LogP contribution in [0.3, 0.4) is 0 Å². The number of benzene rings is 1. The van der Waals surface area contributed by atoms with E-state index < -0.39 is 0 Å². The summed E-state index contributed by atoms with van der Waals surface area (Å²) in [6.45, 7) is 2.23. The molecule has 0 atom stereocenters. The number of amides is 2. The van der Waals surface area contributed by atoms with Gasteiger partial charge in [-0.15, -0.1) is 11.3 Å². The number of nitrogens with zero attached hydrogens (tertiary/aromatic N) is 4. The van der Waals surface area contributed by atoms with Crippen molar-refractivity contribution in [1.29, 1.82) is 0 Å². The molecule has 0 unspecified atom stereocenters. The molecule has 4 rings (SSSR count). The SMILES string of the molecule is O=C(c1ccc(-n2cccn2)cc1)N1CCN(C(=O)c2cccs2)CC1. The Morgan fingerprint density at radius 1 is 0.885 bits per heavy atom. The maximum atomic E-state index is 12.7. The normalized spacial score (nSPS) is 14.5. The molecule has 2 aromatic heterocycles. The Bertz CT molecular complexity index is 880. The highest BCUT2D eigenvalue weighted by Gasteiger charge is 2.25. The zero-order chi connectivity index (χ0) is 17.9. The highest BCUT2D eigenvalue weighted by atomic mass is 32.1. The van der Waals surface area contributed by atoms with Gasteiger partial charge in [0.1, 0.15) is 0 Å². The Hall–Kier alpha value is -2.93. The monoisotopic (exact) mass is 366 g/mol. The largest absolute Gasteiger partial charge is 0.335 e. The second-order valence-electron chi connectivity index (χ2n) is 6.06. The van der Waals surface area contributed by atoms with Crippen LogP contribution < -0.4 is 0 Å². The van der Waals surface area contributed by atoms with Crippen LogP contribution in [-0.2, 0) is 0 Å². The summed E-state index contributed by atoms with van der Waals surface area (Å²) in [5.74, 6) is 0.0518. The summed E-state index contributed by atoms with van der Waals surface area (Å²) in [5.41, 5.74) is 1.57. The summed E-state index contributed by atoms with van der Waals surface area (Å²) in [4.78, 5) is 29.5. The summed E-state index contributed by atoms with van der Waals surface area (Å²) >= 11 is 1.45. The van der Waals surface area contributed by atoms with Crippen molar-refractivity contribution in [2.45, 2.75) is 0 Å². The molecule has 0 aliphatic carbocycles. The number of hydrogen-bond donors (Lipinski definition) is 0. The number of carbonyl (C=O) groups excluding carboxylic acids is 2. The van der Waals surface area contributed by atoms with Crippen LogP contribution in [0, 0.1) is 0 Å². The fourth-order valence-corrected chi connectivity index (χ4v) is 3.72. The molecule has 3 aromatic rings. The summed E-state index contributed by atoms with van der Waals surface area (Å²) < 4.78 is 1.75. The molecular weight excluding hydrogens is 348 g/mol. The molecular formula is C19H18N4O2S. The van der Waals surface area contributed by atoms with Gasteiger partial charge < -0.3 is 9.80 Å². The van der Waals surface area contributed by atoms with Gasteiger partial charge in [-0.3, -0.25) is 9.59 Å². The van der Waals surface area contributed by atoms with E-state index in [4.69, 9.17) is 0 Å². The molecule has 7 heteroatoms. The summed E-state index contributed by atoms with van der Waals surface area (Å²) in [6.07, 6.45) is 3.58. The van der Waals surface area contributed by atoms with Crippen molar-refractivity contribution in [2.75, 3.05) is 26.2 Å². The minimum atomic E-state index is 0.000220. The van der Waals surface area contributed by atoms with Gasteiger partial charge in [-0.2, -0.15) is 5.10 Å². The smallest absolute Gasteiger partial charge is 0.264 e. The predicted octanol–water partition coefficient (Wildman–Crippen LogP) is 2.53. The maximum absolute atomic E-state index is 12.7. The highest BCUT2D eigenvalue weighted by Crippen LogP contribution is 2.16. The van der Waals surface area contributed by atoms with Crippen LogP contribution >= 0.6 is 11.3 Å². The third kappa shape index (κ3) is 3.25. The molecule has 1 aliphatic heterocycles. The van der Waals surface area contributed by atoms with E-state index in [1.807, 2.05) is 58.9 Å². The van der Waals surface area contributed by atoms with E-state index in [0.29, 0.717) is 31.7 Å². The molecule has 3 heterocycles. The van der Waals surface area contributed by atoms with E-state index in [1.54, 1.807) is 15.8 Å². The number of piperazine rings is 1. The zero-order valence-corrected chi connectivity index (χ0v) is 14.9. The predicted molar refractivity (Wildman–Crippen MR) is 99.7 cm³/mol. The molecule has 26 heavy (non-hydrogen) atoms. The lowest BCUT2D eigenvalue weighted by atomic mass is 10.1. The Kier molecular flexibility index (Phi) is 4.53. The number of hydrogen-bond acceptors (Lipinski definition) is 4. The standard InChI is InChI=1S/C19H18N4O2S/c24-18(15-4-6-16(7-5-15)23-9-2-8-20-23)21-10-12-22(13-11-21)19(25)17-3-1-14-26-17/h1-9,14H,10-13H2. The van der Waals surface area contributed by atoms with Crippen LogP contribution in [0.25, 0.3) is 5.69 Å². The minimum absolute atomic E-state index is 0.000220. The van der Waals surface area contributed by atoms with Crippen molar-refractivity contribution in [3.05, 3.63) is 70.7 Å². The lowest BCUT2D eigenvalue weighted by molar-refractivity contribution is 0.0538. The van der Waals surface area contributed by atoms with E-state index in [-0.39, 0.29) is 11.8 Å². The van der Waals surface area contributed by atoms with Crippen LogP contribution in [0.1, 0.15) is 20.0 Å². The topological polar surface area (TPSA) is 58.4 Å². The lowest BCUT2D eigenvalue weighted by Gasteiger charge is -2.34. The van der Waals surface area contributed by atoms with Crippen molar-refractivity contribution in [3.63, 3.8) is 0 Å². The van der Waals surface area contributed by atoms with E-state index in [9.17, 15) is 9.59 Å². The average Bonchev–Trinajstić information content (AvgIpc) is 3.41. The van der Waals surface area contributed by atoms with Crippen LogP contribution in [0.2, 0.25) is 0 Å². The molecule has 2 amide bonds. The second kappa shape index (κ2) is 7.13. The summed E-state index contributed by atoms with van der Waals surface area (Å²) in [5, 5.41) is 6.08. The van der Waals surface area contributed by atoms with Crippen LogP contribution in [-0.4, -0.2) is 57.6 Å². The molecule has 0 spiro atoms. The van der Waals surface area contributed by atoms with Gasteiger partial charge >= 0.3 is 0 Å². The van der Waals surface area contributed by atoms with E-state index in [1.165, 1.54) is 11.3 Å². The first-order valence-corrected chi connectivity index (χ1v) is 9.32. The third-order valence-corrected chi connectivity index (χ3v) is 5.33. The molecule has 6 nitrogen and oxygen atoms in total. The molecule has 132 valence electrons. The summed E-state index contributed by atoms with van der Waals surface area (Å²) in [7, 11) is 0. The Labute approximate surface area is 155 Å². The molecule has 1 saturated heterocycles. The summed E-state index contributed by atoms with van der Waals surface area (Å²) in [6, 6.07) is 13.0. The van der Waals surface area contributed by atoms with Crippen molar-refractivity contribution in [1.82, 2.24) is 19.6 Å². The number of aromatic nitrogens is 2. The Morgan fingerprint density at radius 3 is 2.15 bits per heavy atom. The van der Waals surface area contributed by atoms with Crippen molar-refractivity contribution in [3.8, 4) is 5.69 Å². The fraction of sp³-hybridized carbons (Fsp3) is 0.211. The molecule has 1 aliphatic rings. The Morgan fingerprint density at radius 2 is 1.58 bits per heavy atom. The molecule has 0 saturated carbocycles. The first kappa shape index (κ1) is 16.5. The number of rotatable bonds is 3. The van der Waals surface area contributed by atoms with Gasteiger partial charge in [-0.25, -0.2) is 4.68 Å². The lowest BCUT2D eigenvalue weighted by Crippen LogP contribution is -2.50. The van der Waals surface area contributed by atoms with Gasteiger partial charge in [0.25, 0.3) is 11.8 Å². The first-order valence-electron chi connectivity index (χ1n) is 8.44. The van der Waals surface area contributed by atoms with Gasteiger partial charge in [-0.05, 0) is 41.8 Å². The van der Waals surface area contributed by atoms with Crippen LogP contribution in [0.5, 0.6) is 0 Å². The third-order valence-electron chi connectivity index (χ3n) is 4.47. The molecule has 1 aromatic carbocycles. The second-order valence-corrected chi connectivity index (χ2v) is 7.01. The highest BCUT2D eigenvalue weighted by molar-refractivity contribution is 7.12. The van der Waals surface area contributed by atoms with Gasteiger partial charge in [0.15, 0.2) is 0 Å². The number of thiophene rings is 1. The molecule has 0 bridgehead atoms. The van der Waals surface area contributed by atoms with E-state index in [2.05, 4.69) is 5.10 Å². The van der Waals surface area contributed by atoms with E-state index in [0.717, 1.165) is 10.6 Å². The number of carbonyl (C=O) groups is 2. The van der Waals surface area contributed by atoms with E-state index >= 15 is 0 Å². The zero-order valence-electron chi connectivity index (χ0n) is 14.1. The van der Waals surface area contributed by atoms with Gasteiger partial charge in [0, 0.05) is 44.1 Å². The fourth-order valence-electron chi connectivity index (χ4n) is 3.03. The molecule has 0 N–H and O–H groups in total. The van der Waals surface area contributed by atoms with Crippen LogP contribution in [0.15, 0.2) is 60.2 Å². The Balaban J connectivity index is 1.38. The first-order chi connectivity index (χ1) is 12.7. The van der Waals surface area contributed by atoms with Gasteiger partial charge in [0.2, 0.25) is 0 Å². The van der Waals surface area contributed by atoms with Crippen molar-refractivity contribution in [2.24, 2.45) is 0 Å². The molecule has 1 fully saturated rings. The van der Waals surface area contributed by atoms with Gasteiger partial charge in [0.05, 0.1) is 10.6 Å². The van der Waals surface area contributed by atoms with Gasteiger partial charge in [-0.1, -0.05) is 6.07 Å². The van der Waals surface area contributed by atoms with Crippen molar-refractivity contribution < 1.29 is 9.59 Å². The quantitative estimate of drug-likeness (QED) is 0.716. The van der Waals surface area contributed by atoms with Crippen LogP contribution in [0.4, 0.5) is 0 Å². The van der Waals surface area contributed by atoms with Crippen molar-refractivity contribution >= 4 is 23.2 Å². The average molecular weight is 366 g/mol.